The molecule has 0 aromatic heterocycles. The standard InChI is InChI=1S/C17H16ClNO/c1-12-3-6-14(7-4-12)15(11-19)9-13-5-8-17(20-2)16(18)10-13/h3-8,10,15H,9H2,1-2H3. The molecule has 2 aromatic rings. The van der Waals surface area contributed by atoms with Crippen molar-refractivity contribution in [3.05, 3.63) is 64.2 Å². The molecule has 0 N–H and O–H groups in total. The van der Waals surface area contributed by atoms with Crippen LogP contribution >= 0.6 is 11.6 Å². The van der Waals surface area contributed by atoms with E-state index in [2.05, 4.69) is 6.07 Å². The van der Waals surface area contributed by atoms with Gasteiger partial charge in [-0.2, -0.15) is 5.26 Å². The first-order chi connectivity index (χ1) is 9.63. The van der Waals surface area contributed by atoms with Gasteiger partial charge in [0.2, 0.25) is 0 Å². The van der Waals surface area contributed by atoms with Crippen molar-refractivity contribution in [3.8, 4) is 11.8 Å². The summed E-state index contributed by atoms with van der Waals surface area (Å²) < 4.78 is 5.13. The lowest BCUT2D eigenvalue weighted by atomic mass is 9.93. The maximum absolute atomic E-state index is 9.37. The van der Waals surface area contributed by atoms with Crippen molar-refractivity contribution in [1.82, 2.24) is 0 Å². The second kappa shape index (κ2) is 6.45. The van der Waals surface area contributed by atoms with Crippen molar-refractivity contribution >= 4 is 11.6 Å². The average Bonchev–Trinajstić information content (AvgIpc) is 2.46. The Morgan fingerprint density at radius 1 is 1.20 bits per heavy atom. The second-order valence-electron chi connectivity index (χ2n) is 4.77. The molecule has 2 nitrogen and oxygen atoms in total. The van der Waals surface area contributed by atoms with Gasteiger partial charge >= 0.3 is 0 Å². The first-order valence-corrected chi connectivity index (χ1v) is 6.80. The molecule has 0 aliphatic rings. The minimum absolute atomic E-state index is 0.167. The van der Waals surface area contributed by atoms with Crippen LogP contribution in [0.4, 0.5) is 0 Å². The molecule has 0 radical (unpaired) electrons. The lowest BCUT2D eigenvalue weighted by Gasteiger charge is -2.11. The van der Waals surface area contributed by atoms with Crippen LogP contribution in [0.15, 0.2) is 42.5 Å². The average molecular weight is 286 g/mol. The van der Waals surface area contributed by atoms with Crippen LogP contribution < -0.4 is 4.74 Å². The van der Waals surface area contributed by atoms with E-state index in [1.165, 1.54) is 5.56 Å². The van der Waals surface area contributed by atoms with E-state index in [0.717, 1.165) is 11.1 Å². The fourth-order valence-electron chi connectivity index (χ4n) is 2.11. The van der Waals surface area contributed by atoms with Crippen molar-refractivity contribution in [2.24, 2.45) is 0 Å². The third-order valence-electron chi connectivity index (χ3n) is 3.29. The summed E-state index contributed by atoms with van der Waals surface area (Å²) in [5.41, 5.74) is 3.26. The maximum Gasteiger partial charge on any atom is 0.137 e. The summed E-state index contributed by atoms with van der Waals surface area (Å²) in [5, 5.41) is 9.95. The summed E-state index contributed by atoms with van der Waals surface area (Å²) in [6.07, 6.45) is 0.642. The van der Waals surface area contributed by atoms with E-state index in [1.807, 2.05) is 49.4 Å². The first-order valence-electron chi connectivity index (χ1n) is 6.42. The zero-order chi connectivity index (χ0) is 14.5. The van der Waals surface area contributed by atoms with Gasteiger partial charge in [-0.3, -0.25) is 0 Å². The molecule has 1 atom stereocenters. The fourth-order valence-corrected chi connectivity index (χ4v) is 2.39. The fraction of sp³-hybridized carbons (Fsp3) is 0.235. The van der Waals surface area contributed by atoms with Crippen molar-refractivity contribution < 1.29 is 4.74 Å². The van der Waals surface area contributed by atoms with Crippen LogP contribution in [0, 0.1) is 18.3 Å². The van der Waals surface area contributed by atoms with Gasteiger partial charge in [-0.15, -0.1) is 0 Å². The molecular weight excluding hydrogens is 270 g/mol. The molecular formula is C17H16ClNO. The molecule has 1 unspecified atom stereocenters. The monoisotopic (exact) mass is 285 g/mol. The Kier molecular flexibility index (Phi) is 4.65. The number of benzene rings is 2. The maximum atomic E-state index is 9.37. The highest BCUT2D eigenvalue weighted by Gasteiger charge is 2.12. The number of hydrogen-bond acceptors (Lipinski definition) is 2. The predicted molar refractivity (Wildman–Crippen MR) is 81.2 cm³/mol. The van der Waals surface area contributed by atoms with Crippen LogP contribution in [0.3, 0.4) is 0 Å². The number of nitrogens with zero attached hydrogens (tertiary/aromatic N) is 1. The molecule has 0 saturated carbocycles. The number of aryl methyl sites for hydroxylation is 1. The molecule has 0 aliphatic heterocycles. The summed E-state index contributed by atoms with van der Waals surface area (Å²) in [4.78, 5) is 0. The Morgan fingerprint density at radius 2 is 1.90 bits per heavy atom. The Morgan fingerprint density at radius 3 is 2.45 bits per heavy atom. The van der Waals surface area contributed by atoms with Crippen LogP contribution in [-0.4, -0.2) is 7.11 Å². The molecule has 0 fully saturated rings. The highest BCUT2D eigenvalue weighted by atomic mass is 35.5. The Labute approximate surface area is 124 Å². The zero-order valence-electron chi connectivity index (χ0n) is 11.6. The van der Waals surface area contributed by atoms with Gasteiger partial charge in [0.1, 0.15) is 5.75 Å². The van der Waals surface area contributed by atoms with E-state index in [0.29, 0.717) is 17.2 Å². The van der Waals surface area contributed by atoms with Gasteiger partial charge in [-0.1, -0.05) is 47.5 Å². The molecule has 0 heterocycles. The van der Waals surface area contributed by atoms with Crippen LogP contribution in [0.2, 0.25) is 5.02 Å². The number of hydrogen-bond donors (Lipinski definition) is 0. The number of methoxy groups -OCH3 is 1. The van der Waals surface area contributed by atoms with Gasteiger partial charge in [-0.25, -0.2) is 0 Å². The molecule has 0 spiro atoms. The summed E-state index contributed by atoms with van der Waals surface area (Å²) in [7, 11) is 1.59. The van der Waals surface area contributed by atoms with Crippen LogP contribution in [0.1, 0.15) is 22.6 Å². The topological polar surface area (TPSA) is 33.0 Å². The highest BCUT2D eigenvalue weighted by Crippen LogP contribution is 2.28. The van der Waals surface area contributed by atoms with Crippen LogP contribution in [-0.2, 0) is 6.42 Å². The van der Waals surface area contributed by atoms with Gasteiger partial charge in [0.25, 0.3) is 0 Å². The van der Waals surface area contributed by atoms with E-state index in [-0.39, 0.29) is 5.92 Å². The van der Waals surface area contributed by atoms with Gasteiger partial charge < -0.3 is 4.74 Å². The first kappa shape index (κ1) is 14.4. The van der Waals surface area contributed by atoms with E-state index in [1.54, 1.807) is 7.11 Å². The van der Waals surface area contributed by atoms with Crippen molar-refractivity contribution in [3.63, 3.8) is 0 Å². The number of rotatable bonds is 4. The van der Waals surface area contributed by atoms with Crippen molar-refractivity contribution in [2.45, 2.75) is 19.3 Å². The summed E-state index contributed by atoms with van der Waals surface area (Å²) in [6, 6.07) is 16.1. The molecule has 102 valence electrons. The third kappa shape index (κ3) is 3.31. The normalized spacial score (nSPS) is 11.7. The molecule has 0 aliphatic carbocycles. The van der Waals surface area contributed by atoms with Gasteiger partial charge in [0.05, 0.1) is 24.1 Å². The van der Waals surface area contributed by atoms with Crippen LogP contribution in [0.5, 0.6) is 5.75 Å². The Hall–Kier alpha value is -1.98. The van der Waals surface area contributed by atoms with Gasteiger partial charge in [-0.05, 0) is 36.6 Å². The SMILES string of the molecule is COc1ccc(CC(C#N)c2ccc(C)cc2)cc1Cl. The Bertz CT molecular complexity index is 628. The molecule has 20 heavy (non-hydrogen) atoms. The lowest BCUT2D eigenvalue weighted by Crippen LogP contribution is -2.01. The molecule has 3 heteroatoms. The highest BCUT2D eigenvalue weighted by molar-refractivity contribution is 6.32. The minimum Gasteiger partial charge on any atom is -0.495 e. The smallest absolute Gasteiger partial charge is 0.137 e. The summed E-state index contributed by atoms with van der Waals surface area (Å²) in [5.74, 6) is 0.485. The largest absolute Gasteiger partial charge is 0.495 e. The molecule has 0 amide bonds. The van der Waals surface area contributed by atoms with E-state index in [9.17, 15) is 5.26 Å². The lowest BCUT2D eigenvalue weighted by molar-refractivity contribution is 0.415. The van der Waals surface area contributed by atoms with Gasteiger partial charge in [0.15, 0.2) is 0 Å². The van der Waals surface area contributed by atoms with E-state index < -0.39 is 0 Å². The van der Waals surface area contributed by atoms with E-state index in [4.69, 9.17) is 16.3 Å². The van der Waals surface area contributed by atoms with Crippen LogP contribution in [0.25, 0.3) is 0 Å². The zero-order valence-corrected chi connectivity index (χ0v) is 12.3. The quantitative estimate of drug-likeness (QED) is 0.828. The number of ether oxygens (including phenoxy) is 1. The molecule has 2 aromatic carbocycles. The van der Waals surface area contributed by atoms with Gasteiger partial charge in [0, 0.05) is 0 Å². The predicted octanol–water partition coefficient (Wildman–Crippen LogP) is 4.51. The van der Waals surface area contributed by atoms with Crippen molar-refractivity contribution in [1.29, 1.82) is 5.26 Å². The number of nitriles is 1. The number of halogens is 1. The summed E-state index contributed by atoms with van der Waals surface area (Å²) >= 11 is 6.12. The van der Waals surface area contributed by atoms with Crippen molar-refractivity contribution in [2.75, 3.05) is 7.11 Å². The second-order valence-corrected chi connectivity index (χ2v) is 5.17. The molecule has 0 bridgehead atoms. The molecule has 2 rings (SSSR count). The third-order valence-corrected chi connectivity index (χ3v) is 3.59. The minimum atomic E-state index is -0.167. The Balaban J connectivity index is 2.20. The van der Waals surface area contributed by atoms with E-state index >= 15 is 0 Å². The molecule has 0 saturated heterocycles. The summed E-state index contributed by atoms with van der Waals surface area (Å²) in [6.45, 7) is 2.04.